The van der Waals surface area contributed by atoms with Crippen LogP contribution in [0.2, 0.25) is 0 Å². The highest BCUT2D eigenvalue weighted by Crippen LogP contribution is 2.14. The molecule has 0 aromatic heterocycles. The maximum atomic E-state index is 11.3. The number of carbonyl (C=O) groups is 2. The second kappa shape index (κ2) is 7.11. The van der Waals surface area contributed by atoms with Crippen LogP contribution in [0.3, 0.4) is 0 Å². The van der Waals surface area contributed by atoms with E-state index >= 15 is 0 Å². The van der Waals surface area contributed by atoms with E-state index in [2.05, 4.69) is 10.6 Å². The quantitative estimate of drug-likeness (QED) is 0.665. The molecular formula is C11H20N2O4. The summed E-state index contributed by atoms with van der Waals surface area (Å²) in [6.07, 6.45) is 4.32. The van der Waals surface area contributed by atoms with E-state index in [9.17, 15) is 9.59 Å². The van der Waals surface area contributed by atoms with Gasteiger partial charge in [-0.05, 0) is 32.6 Å². The van der Waals surface area contributed by atoms with Gasteiger partial charge in [-0.3, -0.25) is 4.79 Å². The molecule has 0 bridgehead atoms. The molecule has 1 fully saturated rings. The number of hydrogen-bond acceptors (Lipinski definition) is 3. The van der Waals surface area contributed by atoms with Crippen molar-refractivity contribution in [1.29, 1.82) is 0 Å². The highest BCUT2D eigenvalue weighted by molar-refractivity contribution is 5.82. The van der Waals surface area contributed by atoms with Crippen molar-refractivity contribution in [3.05, 3.63) is 0 Å². The average Bonchev–Trinajstić information content (AvgIpc) is 2.30. The Kier molecular flexibility index (Phi) is 5.76. The topological polar surface area (TPSA) is 87.7 Å². The van der Waals surface area contributed by atoms with Crippen molar-refractivity contribution in [1.82, 2.24) is 10.6 Å². The van der Waals surface area contributed by atoms with Gasteiger partial charge in [0.25, 0.3) is 0 Å². The molecule has 2 amide bonds. The van der Waals surface area contributed by atoms with Crippen LogP contribution < -0.4 is 10.6 Å². The molecule has 1 aliphatic heterocycles. The summed E-state index contributed by atoms with van der Waals surface area (Å²) in [6, 6.07) is -1.32. The fourth-order valence-electron chi connectivity index (χ4n) is 1.69. The molecule has 0 radical (unpaired) electrons. The van der Waals surface area contributed by atoms with Crippen LogP contribution in [0.4, 0.5) is 4.79 Å². The molecule has 0 aliphatic carbocycles. The van der Waals surface area contributed by atoms with Crippen molar-refractivity contribution in [2.45, 2.75) is 44.8 Å². The van der Waals surface area contributed by atoms with E-state index in [1.54, 1.807) is 0 Å². The number of nitrogens with one attached hydrogen (secondary N) is 2. The largest absolute Gasteiger partial charge is 0.480 e. The van der Waals surface area contributed by atoms with Crippen LogP contribution in [0.1, 0.15) is 32.6 Å². The summed E-state index contributed by atoms with van der Waals surface area (Å²) in [5, 5.41) is 13.5. The number of rotatable bonds is 5. The Hall–Kier alpha value is -1.30. The summed E-state index contributed by atoms with van der Waals surface area (Å²) in [5.41, 5.74) is 0. The van der Waals surface area contributed by atoms with Crippen molar-refractivity contribution < 1.29 is 19.4 Å². The van der Waals surface area contributed by atoms with Gasteiger partial charge in [-0.15, -0.1) is 0 Å². The molecule has 1 saturated heterocycles. The highest BCUT2D eigenvalue weighted by atomic mass is 16.5. The lowest BCUT2D eigenvalue weighted by Crippen LogP contribution is -2.45. The van der Waals surface area contributed by atoms with Gasteiger partial charge in [0.15, 0.2) is 0 Å². The third-order valence-electron chi connectivity index (χ3n) is 2.74. The molecule has 17 heavy (non-hydrogen) atoms. The summed E-state index contributed by atoms with van der Waals surface area (Å²) in [6.45, 7) is 2.72. The average molecular weight is 244 g/mol. The monoisotopic (exact) mass is 244 g/mol. The lowest BCUT2D eigenvalue weighted by atomic mass is 10.1. The number of urea groups is 1. The van der Waals surface area contributed by atoms with Gasteiger partial charge in [-0.2, -0.15) is 0 Å². The van der Waals surface area contributed by atoms with Gasteiger partial charge in [-0.25, -0.2) is 4.79 Å². The second-order valence-corrected chi connectivity index (χ2v) is 4.24. The van der Waals surface area contributed by atoms with Gasteiger partial charge in [-0.1, -0.05) is 0 Å². The first-order chi connectivity index (χ1) is 8.09. The van der Waals surface area contributed by atoms with E-state index in [1.807, 2.05) is 0 Å². The smallest absolute Gasteiger partial charge is 0.325 e. The van der Waals surface area contributed by atoms with E-state index in [-0.39, 0.29) is 6.10 Å². The maximum Gasteiger partial charge on any atom is 0.325 e. The molecule has 6 heteroatoms. The van der Waals surface area contributed by atoms with Crippen LogP contribution in [0.5, 0.6) is 0 Å². The molecule has 0 spiro atoms. The zero-order chi connectivity index (χ0) is 12.7. The minimum atomic E-state index is -1.05. The van der Waals surface area contributed by atoms with Crippen molar-refractivity contribution in [3.8, 4) is 0 Å². The Bertz CT molecular complexity index is 264. The number of aliphatic carboxylic acids is 1. The SMILES string of the molecule is CC(NC(=O)NCCC1CCCCO1)C(=O)O. The minimum absolute atomic E-state index is 0.223. The lowest BCUT2D eigenvalue weighted by Gasteiger charge is -2.22. The van der Waals surface area contributed by atoms with Crippen LogP contribution in [-0.2, 0) is 9.53 Å². The van der Waals surface area contributed by atoms with Crippen molar-refractivity contribution in [3.63, 3.8) is 0 Å². The van der Waals surface area contributed by atoms with Gasteiger partial charge in [0.05, 0.1) is 6.10 Å². The summed E-state index contributed by atoms with van der Waals surface area (Å²) in [7, 11) is 0. The number of hydrogen-bond donors (Lipinski definition) is 3. The summed E-state index contributed by atoms with van der Waals surface area (Å²) in [4.78, 5) is 21.8. The van der Waals surface area contributed by atoms with Gasteiger partial charge in [0.1, 0.15) is 6.04 Å². The van der Waals surface area contributed by atoms with Crippen LogP contribution in [0.25, 0.3) is 0 Å². The van der Waals surface area contributed by atoms with Gasteiger partial charge in [0, 0.05) is 13.2 Å². The Balaban J connectivity index is 2.09. The fraction of sp³-hybridized carbons (Fsp3) is 0.818. The van der Waals surface area contributed by atoms with Crippen molar-refractivity contribution in [2.75, 3.05) is 13.2 Å². The molecule has 2 unspecified atom stereocenters. The van der Waals surface area contributed by atoms with Crippen LogP contribution >= 0.6 is 0 Å². The molecule has 0 aromatic carbocycles. The highest BCUT2D eigenvalue weighted by Gasteiger charge is 2.15. The Labute approximate surface area is 101 Å². The second-order valence-electron chi connectivity index (χ2n) is 4.24. The molecule has 1 aliphatic rings. The number of carbonyl (C=O) groups excluding carboxylic acids is 1. The molecule has 3 N–H and O–H groups in total. The molecule has 0 saturated carbocycles. The minimum Gasteiger partial charge on any atom is -0.480 e. The number of carboxylic acid groups (broad SMARTS) is 1. The molecule has 1 rings (SSSR count). The van der Waals surface area contributed by atoms with E-state index in [0.29, 0.717) is 6.54 Å². The molecule has 1 heterocycles. The van der Waals surface area contributed by atoms with Gasteiger partial charge >= 0.3 is 12.0 Å². The molecule has 98 valence electrons. The Morgan fingerprint density at radius 2 is 2.24 bits per heavy atom. The zero-order valence-electron chi connectivity index (χ0n) is 10.1. The fourth-order valence-corrected chi connectivity index (χ4v) is 1.69. The molecular weight excluding hydrogens is 224 g/mol. The first kappa shape index (κ1) is 13.8. The number of amides is 2. The first-order valence-corrected chi connectivity index (χ1v) is 5.98. The summed E-state index contributed by atoms with van der Waals surface area (Å²) < 4.78 is 5.51. The Morgan fingerprint density at radius 3 is 2.82 bits per heavy atom. The van der Waals surface area contributed by atoms with Crippen molar-refractivity contribution >= 4 is 12.0 Å². The van der Waals surface area contributed by atoms with Crippen LogP contribution in [-0.4, -0.2) is 42.4 Å². The van der Waals surface area contributed by atoms with E-state index in [4.69, 9.17) is 9.84 Å². The van der Waals surface area contributed by atoms with E-state index in [0.717, 1.165) is 25.9 Å². The summed E-state index contributed by atoms with van der Waals surface area (Å²) in [5.74, 6) is -1.05. The van der Waals surface area contributed by atoms with Gasteiger partial charge in [0.2, 0.25) is 0 Å². The molecule has 0 aromatic rings. The Morgan fingerprint density at radius 1 is 1.47 bits per heavy atom. The molecule has 2 atom stereocenters. The van der Waals surface area contributed by atoms with E-state index in [1.165, 1.54) is 13.3 Å². The number of ether oxygens (including phenoxy) is 1. The third-order valence-corrected chi connectivity index (χ3v) is 2.74. The standard InChI is InChI=1S/C11H20N2O4/c1-8(10(14)15)13-11(16)12-6-5-9-4-2-3-7-17-9/h8-9H,2-7H2,1H3,(H,14,15)(H2,12,13,16). The predicted octanol–water partition coefficient (Wildman–Crippen LogP) is 0.718. The first-order valence-electron chi connectivity index (χ1n) is 5.98. The van der Waals surface area contributed by atoms with Crippen LogP contribution in [0, 0.1) is 0 Å². The maximum absolute atomic E-state index is 11.3. The predicted molar refractivity (Wildman–Crippen MR) is 61.8 cm³/mol. The zero-order valence-corrected chi connectivity index (χ0v) is 10.1. The third kappa shape index (κ3) is 5.53. The van der Waals surface area contributed by atoms with Gasteiger partial charge < -0.3 is 20.5 Å². The lowest BCUT2D eigenvalue weighted by molar-refractivity contribution is -0.138. The molecule has 6 nitrogen and oxygen atoms in total. The van der Waals surface area contributed by atoms with E-state index < -0.39 is 18.0 Å². The number of carboxylic acids is 1. The van der Waals surface area contributed by atoms with Crippen molar-refractivity contribution in [2.24, 2.45) is 0 Å². The van der Waals surface area contributed by atoms with Crippen LogP contribution in [0.15, 0.2) is 0 Å². The normalized spacial score (nSPS) is 21.6. The summed E-state index contributed by atoms with van der Waals surface area (Å²) >= 11 is 0.